The van der Waals surface area contributed by atoms with Crippen LogP contribution in [0.25, 0.3) is 21.9 Å². The zero-order valence-corrected chi connectivity index (χ0v) is 16.5. The Balaban J connectivity index is 1.50. The number of methoxy groups -OCH3 is 1. The molecule has 0 bridgehead atoms. The molecule has 1 heterocycles. The standard InChI is InChI=1S/C23H18ClNO4/c1-28-22-12-17-16-4-2-3-5-20(16)29-21(17)13-18(22)25-23(27)11-10-19(26)14-6-8-15(24)9-7-14/h2-9,12-13H,10-11H2,1H3,(H,25,27). The number of fused-ring (bicyclic) bond motifs is 3. The van der Waals surface area contributed by atoms with Gasteiger partial charge in [-0.25, -0.2) is 0 Å². The minimum Gasteiger partial charge on any atom is -0.495 e. The van der Waals surface area contributed by atoms with Crippen molar-refractivity contribution in [1.29, 1.82) is 0 Å². The molecular formula is C23H18ClNO4. The van der Waals surface area contributed by atoms with E-state index in [1.807, 2.05) is 30.3 Å². The predicted molar refractivity (Wildman–Crippen MR) is 114 cm³/mol. The first-order valence-electron chi connectivity index (χ1n) is 9.13. The van der Waals surface area contributed by atoms with Crippen LogP contribution in [-0.2, 0) is 4.79 Å². The van der Waals surface area contributed by atoms with E-state index in [1.54, 1.807) is 37.4 Å². The Kier molecular flexibility index (Phi) is 5.23. The molecule has 0 aliphatic rings. The Morgan fingerprint density at radius 3 is 2.48 bits per heavy atom. The van der Waals surface area contributed by atoms with Crippen LogP contribution in [0.15, 0.2) is 65.1 Å². The minimum atomic E-state index is -0.277. The summed E-state index contributed by atoms with van der Waals surface area (Å²) in [5, 5.41) is 5.27. The number of nitrogens with one attached hydrogen (secondary N) is 1. The van der Waals surface area contributed by atoms with E-state index in [1.165, 1.54) is 0 Å². The molecule has 146 valence electrons. The molecule has 0 aliphatic heterocycles. The molecule has 4 aromatic rings. The highest BCUT2D eigenvalue weighted by atomic mass is 35.5. The van der Waals surface area contributed by atoms with Crippen LogP contribution in [-0.4, -0.2) is 18.8 Å². The molecule has 0 atom stereocenters. The van der Waals surface area contributed by atoms with E-state index in [2.05, 4.69) is 5.32 Å². The number of Topliss-reactive ketones (excluding diaryl/α,β-unsaturated/α-hetero) is 1. The number of ether oxygens (including phenoxy) is 1. The minimum absolute atomic E-state index is 0.0583. The second-order valence-electron chi connectivity index (χ2n) is 6.63. The number of benzene rings is 3. The van der Waals surface area contributed by atoms with Crippen molar-refractivity contribution < 1.29 is 18.7 Å². The zero-order valence-electron chi connectivity index (χ0n) is 15.7. The van der Waals surface area contributed by atoms with Crippen LogP contribution in [0.4, 0.5) is 5.69 Å². The maximum Gasteiger partial charge on any atom is 0.224 e. The first-order valence-corrected chi connectivity index (χ1v) is 9.51. The Bertz CT molecular complexity index is 1210. The summed E-state index contributed by atoms with van der Waals surface area (Å²) in [6, 6.07) is 17.9. The number of furan rings is 1. The topological polar surface area (TPSA) is 68.5 Å². The molecule has 1 aromatic heterocycles. The van der Waals surface area contributed by atoms with E-state index in [0.29, 0.717) is 27.6 Å². The SMILES string of the molecule is COc1cc2c(cc1NC(=O)CCC(=O)c1ccc(Cl)cc1)oc1ccccc12. The predicted octanol–water partition coefficient (Wildman–Crippen LogP) is 5.85. The Morgan fingerprint density at radius 2 is 1.72 bits per heavy atom. The van der Waals surface area contributed by atoms with E-state index < -0.39 is 0 Å². The number of halogens is 1. The van der Waals surface area contributed by atoms with Gasteiger partial charge in [-0.05, 0) is 36.4 Å². The van der Waals surface area contributed by atoms with Gasteiger partial charge in [0.15, 0.2) is 5.78 Å². The molecule has 3 aromatic carbocycles. The second-order valence-corrected chi connectivity index (χ2v) is 7.06. The summed E-state index contributed by atoms with van der Waals surface area (Å²) in [5.74, 6) is 0.138. The maximum absolute atomic E-state index is 12.4. The number of hydrogen-bond donors (Lipinski definition) is 1. The van der Waals surface area contributed by atoms with Crippen molar-refractivity contribution >= 4 is 50.9 Å². The number of para-hydroxylation sites is 1. The molecular weight excluding hydrogens is 390 g/mol. The van der Waals surface area contributed by atoms with Crippen molar-refractivity contribution in [3.63, 3.8) is 0 Å². The molecule has 1 N–H and O–H groups in total. The largest absolute Gasteiger partial charge is 0.495 e. The lowest BCUT2D eigenvalue weighted by Gasteiger charge is -2.10. The summed E-state index contributed by atoms with van der Waals surface area (Å²) < 4.78 is 11.3. The number of rotatable bonds is 6. The number of carbonyl (C=O) groups excluding carboxylic acids is 2. The van der Waals surface area contributed by atoms with Gasteiger partial charge in [0.2, 0.25) is 5.91 Å². The summed E-state index contributed by atoms with van der Waals surface area (Å²) in [6.07, 6.45) is 0.158. The number of carbonyl (C=O) groups is 2. The average molecular weight is 408 g/mol. The van der Waals surface area contributed by atoms with Gasteiger partial charge in [0, 0.05) is 40.3 Å². The highest BCUT2D eigenvalue weighted by molar-refractivity contribution is 6.30. The maximum atomic E-state index is 12.4. The van der Waals surface area contributed by atoms with Gasteiger partial charge < -0.3 is 14.5 Å². The molecule has 4 rings (SSSR count). The molecule has 0 spiro atoms. The lowest BCUT2D eigenvalue weighted by atomic mass is 10.1. The lowest BCUT2D eigenvalue weighted by molar-refractivity contribution is -0.116. The van der Waals surface area contributed by atoms with Crippen molar-refractivity contribution in [3.8, 4) is 5.75 Å². The Labute approximate surface area is 172 Å². The molecule has 0 unspecified atom stereocenters. The van der Waals surface area contributed by atoms with Gasteiger partial charge >= 0.3 is 0 Å². The molecule has 0 saturated carbocycles. The third-order valence-electron chi connectivity index (χ3n) is 4.72. The van der Waals surface area contributed by atoms with Crippen LogP contribution in [0.2, 0.25) is 5.02 Å². The molecule has 5 nitrogen and oxygen atoms in total. The summed E-state index contributed by atoms with van der Waals surface area (Å²) in [4.78, 5) is 24.7. The number of amides is 1. The van der Waals surface area contributed by atoms with E-state index in [4.69, 9.17) is 20.8 Å². The van der Waals surface area contributed by atoms with E-state index in [9.17, 15) is 9.59 Å². The Morgan fingerprint density at radius 1 is 0.966 bits per heavy atom. The fraction of sp³-hybridized carbons (Fsp3) is 0.130. The Hall–Kier alpha value is -3.31. The van der Waals surface area contributed by atoms with E-state index in [-0.39, 0.29) is 24.5 Å². The highest BCUT2D eigenvalue weighted by Gasteiger charge is 2.15. The first kappa shape index (κ1) is 19.0. The zero-order chi connectivity index (χ0) is 20.4. The fourth-order valence-corrected chi connectivity index (χ4v) is 3.36. The van der Waals surface area contributed by atoms with Gasteiger partial charge in [0.05, 0.1) is 12.8 Å². The van der Waals surface area contributed by atoms with Gasteiger partial charge in [0.1, 0.15) is 16.9 Å². The number of ketones is 1. The van der Waals surface area contributed by atoms with Crippen molar-refractivity contribution in [2.24, 2.45) is 0 Å². The summed E-state index contributed by atoms with van der Waals surface area (Å²) in [6.45, 7) is 0. The highest BCUT2D eigenvalue weighted by Crippen LogP contribution is 2.36. The quantitative estimate of drug-likeness (QED) is 0.407. The van der Waals surface area contributed by atoms with Crippen LogP contribution in [0.3, 0.4) is 0 Å². The third-order valence-corrected chi connectivity index (χ3v) is 4.97. The van der Waals surface area contributed by atoms with Gasteiger partial charge in [-0.15, -0.1) is 0 Å². The van der Waals surface area contributed by atoms with Gasteiger partial charge in [-0.1, -0.05) is 29.8 Å². The van der Waals surface area contributed by atoms with Crippen molar-refractivity contribution in [1.82, 2.24) is 0 Å². The van der Waals surface area contributed by atoms with E-state index >= 15 is 0 Å². The van der Waals surface area contributed by atoms with Crippen LogP contribution in [0.1, 0.15) is 23.2 Å². The molecule has 0 saturated heterocycles. The van der Waals surface area contributed by atoms with Crippen LogP contribution in [0.5, 0.6) is 5.75 Å². The second kappa shape index (κ2) is 7.97. The summed E-state index contributed by atoms with van der Waals surface area (Å²) in [5.41, 5.74) is 2.45. The molecule has 29 heavy (non-hydrogen) atoms. The lowest BCUT2D eigenvalue weighted by Crippen LogP contribution is -2.14. The normalized spacial score (nSPS) is 11.0. The van der Waals surface area contributed by atoms with Crippen molar-refractivity contribution in [2.75, 3.05) is 12.4 Å². The molecule has 0 fully saturated rings. The molecule has 0 radical (unpaired) electrons. The van der Waals surface area contributed by atoms with Crippen molar-refractivity contribution in [2.45, 2.75) is 12.8 Å². The van der Waals surface area contributed by atoms with Gasteiger partial charge in [-0.2, -0.15) is 0 Å². The monoisotopic (exact) mass is 407 g/mol. The fourth-order valence-electron chi connectivity index (χ4n) is 3.24. The van der Waals surface area contributed by atoms with Gasteiger partial charge in [-0.3, -0.25) is 9.59 Å². The molecule has 0 aliphatic carbocycles. The number of anilines is 1. The van der Waals surface area contributed by atoms with Gasteiger partial charge in [0.25, 0.3) is 0 Å². The van der Waals surface area contributed by atoms with Crippen LogP contribution in [0, 0.1) is 0 Å². The smallest absolute Gasteiger partial charge is 0.224 e. The third kappa shape index (κ3) is 3.96. The average Bonchev–Trinajstić information content (AvgIpc) is 3.09. The number of hydrogen-bond acceptors (Lipinski definition) is 4. The van der Waals surface area contributed by atoms with Crippen LogP contribution >= 0.6 is 11.6 Å². The first-order chi connectivity index (χ1) is 14.0. The molecule has 1 amide bonds. The van der Waals surface area contributed by atoms with Crippen LogP contribution < -0.4 is 10.1 Å². The summed E-state index contributed by atoms with van der Waals surface area (Å²) in [7, 11) is 1.54. The molecule has 6 heteroatoms. The van der Waals surface area contributed by atoms with E-state index in [0.717, 1.165) is 16.4 Å². The van der Waals surface area contributed by atoms with Crippen molar-refractivity contribution in [3.05, 3.63) is 71.2 Å². The summed E-state index contributed by atoms with van der Waals surface area (Å²) >= 11 is 5.84.